The summed E-state index contributed by atoms with van der Waals surface area (Å²) in [5, 5.41) is 2.91. The van der Waals surface area contributed by atoms with Crippen LogP contribution in [0, 0.1) is 19.7 Å². The zero-order valence-corrected chi connectivity index (χ0v) is 11.3. The number of ether oxygens (including phenoxy) is 1. The van der Waals surface area contributed by atoms with Crippen LogP contribution in [0.1, 0.15) is 16.7 Å². The summed E-state index contributed by atoms with van der Waals surface area (Å²) in [5.74, 6) is 0.218. The number of hydrogen-bond acceptors (Lipinski definition) is 3. The van der Waals surface area contributed by atoms with Crippen LogP contribution in [0.3, 0.4) is 0 Å². The largest absolute Gasteiger partial charge is 0.436 e. The molecule has 4 heteroatoms. The van der Waals surface area contributed by atoms with Crippen molar-refractivity contribution in [3.8, 4) is 11.6 Å². The number of nitrogens with zero attached hydrogens (tertiary/aromatic N) is 1. The molecule has 2 rings (SSSR count). The van der Waals surface area contributed by atoms with Crippen LogP contribution in [0.25, 0.3) is 0 Å². The number of halogens is 1. The molecule has 0 amide bonds. The van der Waals surface area contributed by atoms with Gasteiger partial charge in [-0.3, -0.25) is 0 Å². The van der Waals surface area contributed by atoms with Gasteiger partial charge in [0.1, 0.15) is 5.75 Å². The van der Waals surface area contributed by atoms with E-state index in [0.717, 1.165) is 11.1 Å². The van der Waals surface area contributed by atoms with E-state index in [-0.39, 0.29) is 5.88 Å². The zero-order chi connectivity index (χ0) is 13.8. The van der Waals surface area contributed by atoms with E-state index in [9.17, 15) is 4.39 Å². The molecule has 0 atom stereocenters. The van der Waals surface area contributed by atoms with Crippen LogP contribution in [0.2, 0.25) is 0 Å². The number of aryl methyl sites for hydroxylation is 2. The second kappa shape index (κ2) is 5.80. The van der Waals surface area contributed by atoms with Crippen LogP contribution in [0.5, 0.6) is 11.6 Å². The fourth-order valence-electron chi connectivity index (χ4n) is 1.88. The molecule has 0 bridgehead atoms. The molecule has 1 heterocycles. The topological polar surface area (TPSA) is 34.2 Å². The van der Waals surface area contributed by atoms with E-state index in [1.165, 1.54) is 0 Å². The number of benzene rings is 1. The third kappa shape index (κ3) is 3.09. The van der Waals surface area contributed by atoms with E-state index in [1.807, 2.05) is 32.0 Å². The fraction of sp³-hybridized carbons (Fsp3) is 0.267. The molecule has 0 aliphatic carbocycles. The minimum atomic E-state index is -0.420. The second-order valence-corrected chi connectivity index (χ2v) is 4.49. The van der Waals surface area contributed by atoms with Crippen LogP contribution in [0.15, 0.2) is 30.5 Å². The SMILES string of the molecule is CNCc1ccnc(Oc2ccc(C)cc2C)c1F. The summed E-state index contributed by atoms with van der Waals surface area (Å²) in [6, 6.07) is 7.39. The molecule has 100 valence electrons. The lowest BCUT2D eigenvalue weighted by Crippen LogP contribution is -2.08. The van der Waals surface area contributed by atoms with Gasteiger partial charge in [0.15, 0.2) is 5.82 Å². The number of pyridine rings is 1. The Morgan fingerprint density at radius 3 is 2.74 bits per heavy atom. The van der Waals surface area contributed by atoms with Crippen LogP contribution < -0.4 is 10.1 Å². The smallest absolute Gasteiger partial charge is 0.256 e. The Balaban J connectivity index is 2.30. The van der Waals surface area contributed by atoms with Crippen LogP contribution >= 0.6 is 0 Å². The van der Waals surface area contributed by atoms with Gasteiger partial charge >= 0.3 is 0 Å². The maximum Gasteiger partial charge on any atom is 0.256 e. The van der Waals surface area contributed by atoms with Crippen molar-refractivity contribution in [2.45, 2.75) is 20.4 Å². The van der Waals surface area contributed by atoms with Crippen LogP contribution in [-0.4, -0.2) is 12.0 Å². The minimum absolute atomic E-state index is 0.0136. The molecule has 1 aromatic heterocycles. The van der Waals surface area contributed by atoms with Crippen molar-refractivity contribution >= 4 is 0 Å². The van der Waals surface area contributed by atoms with Gasteiger partial charge in [0.2, 0.25) is 0 Å². The van der Waals surface area contributed by atoms with Crippen molar-refractivity contribution in [1.82, 2.24) is 10.3 Å². The Bertz CT molecular complexity index is 584. The highest BCUT2D eigenvalue weighted by Gasteiger charge is 2.12. The van der Waals surface area contributed by atoms with Gasteiger partial charge in [0.05, 0.1) is 0 Å². The maximum atomic E-state index is 14.1. The van der Waals surface area contributed by atoms with Gasteiger partial charge in [0.25, 0.3) is 5.88 Å². The van der Waals surface area contributed by atoms with Crippen molar-refractivity contribution in [2.24, 2.45) is 0 Å². The predicted molar refractivity (Wildman–Crippen MR) is 72.9 cm³/mol. The van der Waals surface area contributed by atoms with Gasteiger partial charge in [0, 0.05) is 18.3 Å². The van der Waals surface area contributed by atoms with Crippen molar-refractivity contribution in [3.05, 3.63) is 53.0 Å². The Labute approximate surface area is 112 Å². The summed E-state index contributed by atoms with van der Waals surface area (Å²) in [7, 11) is 1.77. The zero-order valence-electron chi connectivity index (χ0n) is 11.3. The van der Waals surface area contributed by atoms with Crippen molar-refractivity contribution in [1.29, 1.82) is 0 Å². The van der Waals surface area contributed by atoms with Gasteiger partial charge in [-0.05, 0) is 38.6 Å². The van der Waals surface area contributed by atoms with E-state index in [1.54, 1.807) is 19.3 Å². The lowest BCUT2D eigenvalue weighted by molar-refractivity contribution is 0.415. The molecule has 1 aromatic carbocycles. The van der Waals surface area contributed by atoms with Crippen LogP contribution in [0.4, 0.5) is 4.39 Å². The number of hydrogen-bond donors (Lipinski definition) is 1. The standard InChI is InChI=1S/C15H17FN2O/c1-10-4-5-13(11(2)8-10)19-15-14(16)12(9-17-3)6-7-18-15/h4-8,17H,9H2,1-3H3. The lowest BCUT2D eigenvalue weighted by atomic mass is 10.1. The Kier molecular flexibility index (Phi) is 4.12. The highest BCUT2D eigenvalue weighted by atomic mass is 19.1. The lowest BCUT2D eigenvalue weighted by Gasteiger charge is -2.11. The highest BCUT2D eigenvalue weighted by molar-refractivity contribution is 5.38. The first-order valence-corrected chi connectivity index (χ1v) is 6.15. The molecule has 0 fully saturated rings. The quantitative estimate of drug-likeness (QED) is 0.915. The molecule has 0 unspecified atom stereocenters. The Morgan fingerprint density at radius 1 is 1.26 bits per heavy atom. The summed E-state index contributed by atoms with van der Waals surface area (Å²) in [6.45, 7) is 4.37. The maximum absolute atomic E-state index is 14.1. The van der Waals surface area contributed by atoms with Gasteiger partial charge < -0.3 is 10.1 Å². The monoisotopic (exact) mass is 260 g/mol. The fourth-order valence-corrected chi connectivity index (χ4v) is 1.88. The molecule has 0 aliphatic heterocycles. The normalized spacial score (nSPS) is 10.5. The average Bonchev–Trinajstić information content (AvgIpc) is 2.37. The summed E-state index contributed by atoms with van der Waals surface area (Å²) in [4.78, 5) is 3.96. The Hall–Kier alpha value is -1.94. The molecule has 1 N–H and O–H groups in total. The molecule has 2 aromatic rings. The summed E-state index contributed by atoms with van der Waals surface area (Å²) in [5.41, 5.74) is 2.64. The number of aromatic nitrogens is 1. The van der Waals surface area contributed by atoms with Gasteiger partial charge in [-0.15, -0.1) is 0 Å². The van der Waals surface area contributed by atoms with E-state index < -0.39 is 5.82 Å². The second-order valence-electron chi connectivity index (χ2n) is 4.49. The number of rotatable bonds is 4. The van der Waals surface area contributed by atoms with E-state index in [4.69, 9.17) is 4.74 Å². The van der Waals surface area contributed by atoms with Crippen LogP contribution in [-0.2, 0) is 6.54 Å². The molecule has 0 spiro atoms. The van der Waals surface area contributed by atoms with Crippen molar-refractivity contribution < 1.29 is 9.13 Å². The first-order chi connectivity index (χ1) is 9.11. The summed E-state index contributed by atoms with van der Waals surface area (Å²) in [6.07, 6.45) is 1.55. The third-order valence-corrected chi connectivity index (χ3v) is 2.84. The van der Waals surface area contributed by atoms with Crippen molar-refractivity contribution in [2.75, 3.05) is 7.05 Å². The van der Waals surface area contributed by atoms with Gasteiger partial charge in [-0.25, -0.2) is 9.37 Å². The summed E-state index contributed by atoms with van der Waals surface area (Å²) < 4.78 is 19.7. The van der Waals surface area contributed by atoms with Gasteiger partial charge in [-0.1, -0.05) is 17.7 Å². The number of nitrogens with one attached hydrogen (secondary N) is 1. The van der Waals surface area contributed by atoms with Gasteiger partial charge in [-0.2, -0.15) is 0 Å². The average molecular weight is 260 g/mol. The van der Waals surface area contributed by atoms with Crippen molar-refractivity contribution in [3.63, 3.8) is 0 Å². The first kappa shape index (κ1) is 13.5. The first-order valence-electron chi connectivity index (χ1n) is 6.15. The predicted octanol–water partition coefficient (Wildman–Crippen LogP) is 3.35. The third-order valence-electron chi connectivity index (χ3n) is 2.84. The molecule has 0 aliphatic rings. The molecular weight excluding hydrogens is 243 g/mol. The van der Waals surface area contributed by atoms with E-state index in [0.29, 0.717) is 17.9 Å². The van der Waals surface area contributed by atoms with E-state index in [2.05, 4.69) is 10.3 Å². The molecule has 3 nitrogen and oxygen atoms in total. The summed E-state index contributed by atoms with van der Waals surface area (Å²) >= 11 is 0. The minimum Gasteiger partial charge on any atom is -0.436 e. The molecule has 0 radical (unpaired) electrons. The molecule has 19 heavy (non-hydrogen) atoms. The molecular formula is C15H17FN2O. The van der Waals surface area contributed by atoms with E-state index >= 15 is 0 Å². The molecule has 0 saturated carbocycles. The Morgan fingerprint density at radius 2 is 2.05 bits per heavy atom. The highest BCUT2D eigenvalue weighted by Crippen LogP contribution is 2.27. The molecule has 0 saturated heterocycles.